The normalized spacial score (nSPS) is 19.8. The molecule has 5 heterocycles. The fourth-order valence-electron chi connectivity index (χ4n) is 5.28. The fraction of sp³-hybridized carbons (Fsp3) is 0.517. The smallest absolute Gasteiger partial charge is 0.410 e. The number of methoxy groups -OCH3 is 1. The Hall–Kier alpha value is -3.45. The van der Waals surface area contributed by atoms with E-state index < -0.39 is 5.60 Å². The minimum Gasteiger partial charge on any atom is -0.469 e. The number of nitrogens with one attached hydrogen (secondary N) is 1. The van der Waals surface area contributed by atoms with E-state index in [4.69, 9.17) is 19.2 Å². The molecule has 0 aromatic carbocycles. The number of aryl methyl sites for hydroxylation is 1. The van der Waals surface area contributed by atoms with Crippen molar-refractivity contribution in [3.05, 3.63) is 42.1 Å². The number of fused-ring (bicyclic) bond motifs is 2. The number of carbonyl (C=O) groups excluding carboxylic acids is 2. The van der Waals surface area contributed by atoms with Gasteiger partial charge in [-0.15, -0.1) is 11.8 Å². The van der Waals surface area contributed by atoms with Gasteiger partial charge < -0.3 is 24.4 Å². The summed E-state index contributed by atoms with van der Waals surface area (Å²) in [5, 5.41) is 3.90. The van der Waals surface area contributed by atoms with E-state index in [0.29, 0.717) is 34.6 Å². The van der Waals surface area contributed by atoms with Crippen LogP contribution in [0.1, 0.15) is 70.3 Å². The molecule has 5 rings (SSSR count). The average Bonchev–Trinajstić information content (AvgIpc) is 3.52. The van der Waals surface area contributed by atoms with E-state index in [1.165, 1.54) is 30.4 Å². The standard InChI is InChI=1S/C29H36N6O5S2/c1-17-22(7-6-11-30-17)39-23-15-21(41-12-10-24(36)38-5)16-31-26(23)33-27-32-25(34-42-27)18-13-19-8-9-20(14-18)35(19)28(37)40-29(2,3)4/h6-7,11,15-16,18-20H,8-10,12-14H2,1-5H3,(H,31,32,33,34). The quantitative estimate of drug-likeness (QED) is 0.211. The molecule has 3 aromatic heterocycles. The first kappa shape index (κ1) is 30.0. The van der Waals surface area contributed by atoms with Gasteiger partial charge in [-0.2, -0.15) is 4.37 Å². The molecule has 42 heavy (non-hydrogen) atoms. The van der Waals surface area contributed by atoms with Crippen LogP contribution in [0.5, 0.6) is 11.5 Å². The Bertz CT molecular complexity index is 1410. The molecule has 224 valence electrons. The number of amides is 1. The Morgan fingerprint density at radius 2 is 1.93 bits per heavy atom. The van der Waals surface area contributed by atoms with Gasteiger partial charge in [0, 0.05) is 52.6 Å². The molecular weight excluding hydrogens is 576 g/mol. The summed E-state index contributed by atoms with van der Waals surface area (Å²) in [6.07, 6.45) is 7.09. The van der Waals surface area contributed by atoms with Gasteiger partial charge in [0.2, 0.25) is 5.13 Å². The number of aromatic nitrogens is 4. The molecule has 2 fully saturated rings. The highest BCUT2D eigenvalue weighted by atomic mass is 32.2. The van der Waals surface area contributed by atoms with Crippen molar-refractivity contribution in [1.29, 1.82) is 0 Å². The summed E-state index contributed by atoms with van der Waals surface area (Å²) in [6, 6.07) is 5.82. The summed E-state index contributed by atoms with van der Waals surface area (Å²) < 4.78 is 21.3. The van der Waals surface area contributed by atoms with Gasteiger partial charge in [0.25, 0.3) is 0 Å². The van der Waals surface area contributed by atoms with Crippen LogP contribution in [0, 0.1) is 6.92 Å². The van der Waals surface area contributed by atoms with E-state index >= 15 is 0 Å². The lowest BCUT2D eigenvalue weighted by Crippen LogP contribution is -2.48. The number of piperidine rings is 1. The predicted octanol–water partition coefficient (Wildman–Crippen LogP) is 6.47. The Morgan fingerprint density at radius 3 is 2.62 bits per heavy atom. The molecule has 0 aliphatic carbocycles. The third-order valence-corrected chi connectivity index (χ3v) is 8.79. The summed E-state index contributed by atoms with van der Waals surface area (Å²) >= 11 is 2.77. The lowest BCUT2D eigenvalue weighted by molar-refractivity contribution is -0.140. The first-order valence-electron chi connectivity index (χ1n) is 14.0. The zero-order valence-corrected chi connectivity index (χ0v) is 26.1. The highest BCUT2D eigenvalue weighted by molar-refractivity contribution is 7.99. The van der Waals surface area contributed by atoms with Gasteiger partial charge in [0.15, 0.2) is 11.6 Å². The highest BCUT2D eigenvalue weighted by Gasteiger charge is 2.46. The Labute approximate surface area is 253 Å². The van der Waals surface area contributed by atoms with Crippen molar-refractivity contribution in [2.75, 3.05) is 18.2 Å². The van der Waals surface area contributed by atoms with Crippen LogP contribution in [0.4, 0.5) is 15.7 Å². The highest BCUT2D eigenvalue weighted by Crippen LogP contribution is 2.44. The maximum Gasteiger partial charge on any atom is 0.410 e. The van der Waals surface area contributed by atoms with Gasteiger partial charge >= 0.3 is 12.1 Å². The number of pyridine rings is 2. The molecule has 2 bridgehead atoms. The van der Waals surface area contributed by atoms with Crippen LogP contribution in [0.25, 0.3) is 0 Å². The summed E-state index contributed by atoms with van der Waals surface area (Å²) in [6.45, 7) is 7.57. The number of anilines is 2. The molecule has 0 saturated carbocycles. The Balaban J connectivity index is 1.29. The van der Waals surface area contributed by atoms with E-state index in [-0.39, 0.29) is 30.1 Å². The van der Waals surface area contributed by atoms with E-state index in [1.807, 2.05) is 50.8 Å². The molecule has 3 aromatic rings. The van der Waals surface area contributed by atoms with Crippen molar-refractivity contribution in [1.82, 2.24) is 24.2 Å². The van der Waals surface area contributed by atoms with Gasteiger partial charge in [0.1, 0.15) is 17.2 Å². The first-order chi connectivity index (χ1) is 20.1. The number of esters is 1. The van der Waals surface area contributed by atoms with Crippen LogP contribution in [0.15, 0.2) is 35.5 Å². The summed E-state index contributed by atoms with van der Waals surface area (Å²) in [5.41, 5.74) is 0.231. The molecule has 2 saturated heterocycles. The van der Waals surface area contributed by atoms with Crippen molar-refractivity contribution in [3.8, 4) is 11.5 Å². The largest absolute Gasteiger partial charge is 0.469 e. The summed E-state index contributed by atoms with van der Waals surface area (Å²) in [5.74, 6) is 2.87. The Morgan fingerprint density at radius 1 is 1.17 bits per heavy atom. The fourth-order valence-corrected chi connectivity index (χ4v) is 6.75. The number of rotatable bonds is 9. The van der Waals surface area contributed by atoms with Crippen LogP contribution in [-0.4, -0.2) is 66.8 Å². The number of thioether (sulfide) groups is 1. The van der Waals surface area contributed by atoms with E-state index in [2.05, 4.69) is 19.7 Å². The van der Waals surface area contributed by atoms with E-state index in [0.717, 1.165) is 42.1 Å². The van der Waals surface area contributed by atoms with E-state index in [1.54, 1.807) is 12.4 Å². The molecule has 0 radical (unpaired) electrons. The summed E-state index contributed by atoms with van der Waals surface area (Å²) in [4.78, 5) is 40.9. The molecule has 1 amide bonds. The summed E-state index contributed by atoms with van der Waals surface area (Å²) in [7, 11) is 1.38. The van der Waals surface area contributed by atoms with Gasteiger partial charge in [-0.25, -0.2) is 14.8 Å². The maximum absolute atomic E-state index is 12.9. The zero-order chi connectivity index (χ0) is 29.9. The van der Waals surface area contributed by atoms with Gasteiger partial charge in [0.05, 0.1) is 19.2 Å². The average molecular weight is 613 g/mol. The van der Waals surface area contributed by atoms with Crippen LogP contribution in [-0.2, 0) is 14.3 Å². The van der Waals surface area contributed by atoms with Gasteiger partial charge in [-0.05, 0) is 71.6 Å². The monoisotopic (exact) mass is 612 g/mol. The lowest BCUT2D eigenvalue weighted by Gasteiger charge is -2.38. The number of hydrogen-bond acceptors (Lipinski definition) is 12. The third kappa shape index (κ3) is 7.30. The molecule has 11 nitrogen and oxygen atoms in total. The van der Waals surface area contributed by atoms with E-state index in [9.17, 15) is 9.59 Å². The molecule has 13 heteroatoms. The number of hydrogen-bond donors (Lipinski definition) is 1. The minimum absolute atomic E-state index is 0.136. The van der Waals surface area contributed by atoms with Crippen molar-refractivity contribution >= 4 is 46.3 Å². The van der Waals surface area contributed by atoms with Crippen molar-refractivity contribution < 1.29 is 23.8 Å². The molecule has 2 unspecified atom stereocenters. The zero-order valence-electron chi connectivity index (χ0n) is 24.5. The predicted molar refractivity (Wildman–Crippen MR) is 161 cm³/mol. The van der Waals surface area contributed by atoms with Crippen LogP contribution >= 0.6 is 23.3 Å². The van der Waals surface area contributed by atoms with Crippen LogP contribution in [0.3, 0.4) is 0 Å². The topological polar surface area (TPSA) is 129 Å². The Kier molecular flexibility index (Phi) is 9.16. The molecule has 2 aliphatic heterocycles. The molecular formula is C29H36N6O5S2. The molecule has 0 spiro atoms. The second kappa shape index (κ2) is 12.8. The van der Waals surface area contributed by atoms with Gasteiger partial charge in [-0.3, -0.25) is 9.78 Å². The van der Waals surface area contributed by atoms with Crippen LogP contribution < -0.4 is 10.1 Å². The lowest BCUT2D eigenvalue weighted by atomic mass is 9.90. The van der Waals surface area contributed by atoms with Crippen molar-refractivity contribution in [3.63, 3.8) is 0 Å². The number of carbonyl (C=O) groups is 2. The molecule has 1 N–H and O–H groups in total. The minimum atomic E-state index is -0.517. The van der Waals surface area contributed by atoms with Crippen molar-refractivity contribution in [2.45, 2.75) is 88.3 Å². The van der Waals surface area contributed by atoms with Crippen LogP contribution in [0.2, 0.25) is 0 Å². The van der Waals surface area contributed by atoms with Gasteiger partial charge in [-0.1, -0.05) is 0 Å². The molecule has 2 atom stereocenters. The maximum atomic E-state index is 12.9. The second-order valence-electron chi connectivity index (χ2n) is 11.4. The second-order valence-corrected chi connectivity index (χ2v) is 13.3. The number of nitrogens with zero attached hydrogens (tertiary/aromatic N) is 5. The SMILES string of the molecule is COC(=O)CCSc1cnc(Nc2nc(C3CC4CCC(C3)N4C(=O)OC(C)(C)C)ns2)c(Oc2cccnc2C)c1. The molecule has 2 aliphatic rings. The number of ether oxygens (including phenoxy) is 3. The first-order valence-corrected chi connectivity index (χ1v) is 15.8. The third-order valence-electron chi connectivity index (χ3n) is 7.18. The van der Waals surface area contributed by atoms with Crippen molar-refractivity contribution in [2.24, 2.45) is 0 Å².